The van der Waals surface area contributed by atoms with Crippen LogP contribution in [0.4, 0.5) is 0 Å². The molecule has 0 aliphatic rings. The largest absolute Gasteiger partial charge is 0.476 e. The minimum absolute atomic E-state index is 0.0394. The van der Waals surface area contributed by atoms with E-state index in [0.717, 1.165) is 0 Å². The van der Waals surface area contributed by atoms with E-state index in [4.69, 9.17) is 5.11 Å². The fraction of sp³-hybridized carbons (Fsp3) is 0.125. The van der Waals surface area contributed by atoms with Gasteiger partial charge in [-0.3, -0.25) is 0 Å². The van der Waals surface area contributed by atoms with Crippen LogP contribution in [0.1, 0.15) is 10.5 Å². The van der Waals surface area contributed by atoms with Crippen molar-refractivity contribution in [3.8, 4) is 0 Å². The van der Waals surface area contributed by atoms with E-state index in [0.29, 0.717) is 11.0 Å². The summed E-state index contributed by atoms with van der Waals surface area (Å²) in [5.41, 5.74) is 1.24. The molecule has 0 fully saturated rings. The molecule has 0 aliphatic carbocycles. The second kappa shape index (κ2) is 2.55. The van der Waals surface area contributed by atoms with E-state index in [9.17, 15) is 4.79 Å². The van der Waals surface area contributed by atoms with Crippen molar-refractivity contribution in [3.05, 3.63) is 24.3 Å². The molecule has 2 heterocycles. The van der Waals surface area contributed by atoms with Gasteiger partial charge >= 0.3 is 5.97 Å². The highest BCUT2D eigenvalue weighted by atomic mass is 16.4. The molecule has 2 aromatic rings. The molecular formula is C8H7N3O2. The monoisotopic (exact) mass is 177 g/mol. The fourth-order valence-corrected chi connectivity index (χ4v) is 1.26. The summed E-state index contributed by atoms with van der Waals surface area (Å²) in [6.07, 6.45) is 3.01. The van der Waals surface area contributed by atoms with Gasteiger partial charge < -0.3 is 9.67 Å². The van der Waals surface area contributed by atoms with Crippen LogP contribution < -0.4 is 0 Å². The molecule has 0 amide bonds. The summed E-state index contributed by atoms with van der Waals surface area (Å²) in [7, 11) is 1.74. The molecule has 0 bridgehead atoms. The number of carbonyl (C=O) groups is 1. The van der Waals surface area contributed by atoms with Crippen LogP contribution in [0.5, 0.6) is 0 Å². The number of carboxylic acid groups (broad SMARTS) is 1. The Kier molecular flexibility index (Phi) is 1.51. The fourth-order valence-electron chi connectivity index (χ4n) is 1.26. The lowest BCUT2D eigenvalue weighted by Crippen LogP contribution is -2.03. The van der Waals surface area contributed by atoms with Gasteiger partial charge in [0, 0.05) is 13.2 Å². The molecule has 0 radical (unpaired) electrons. The van der Waals surface area contributed by atoms with Crippen molar-refractivity contribution in [1.82, 2.24) is 14.5 Å². The quantitative estimate of drug-likeness (QED) is 0.695. The van der Waals surface area contributed by atoms with E-state index in [1.807, 2.05) is 0 Å². The first-order valence-electron chi connectivity index (χ1n) is 3.69. The third kappa shape index (κ3) is 1.05. The first-order valence-corrected chi connectivity index (χ1v) is 3.69. The molecule has 0 saturated carbocycles. The van der Waals surface area contributed by atoms with Gasteiger partial charge in [-0.1, -0.05) is 0 Å². The third-order valence-electron chi connectivity index (χ3n) is 1.83. The predicted octanol–water partition coefficient (Wildman–Crippen LogP) is 0.666. The molecule has 13 heavy (non-hydrogen) atoms. The van der Waals surface area contributed by atoms with Crippen LogP contribution in [0.25, 0.3) is 11.0 Å². The molecule has 0 aromatic carbocycles. The number of imidazole rings is 1. The SMILES string of the molecule is Cn1cnc2ccnc(C(=O)O)c21. The summed E-state index contributed by atoms with van der Waals surface area (Å²) in [6.45, 7) is 0. The molecule has 0 saturated heterocycles. The van der Waals surface area contributed by atoms with E-state index in [-0.39, 0.29) is 5.69 Å². The van der Waals surface area contributed by atoms with E-state index >= 15 is 0 Å². The zero-order valence-corrected chi connectivity index (χ0v) is 6.93. The number of aromatic carboxylic acids is 1. The van der Waals surface area contributed by atoms with Crippen molar-refractivity contribution >= 4 is 17.0 Å². The van der Waals surface area contributed by atoms with Crippen molar-refractivity contribution in [3.63, 3.8) is 0 Å². The molecule has 5 nitrogen and oxygen atoms in total. The highest BCUT2D eigenvalue weighted by molar-refractivity contribution is 5.98. The lowest BCUT2D eigenvalue weighted by Gasteiger charge is -1.97. The Labute approximate surface area is 73.7 Å². The number of aromatic nitrogens is 3. The molecule has 1 N–H and O–H groups in total. The van der Waals surface area contributed by atoms with E-state index in [1.54, 1.807) is 24.0 Å². The topological polar surface area (TPSA) is 68.0 Å². The van der Waals surface area contributed by atoms with Crippen LogP contribution in [0.2, 0.25) is 0 Å². The molecule has 2 aromatic heterocycles. The molecule has 66 valence electrons. The number of fused-ring (bicyclic) bond motifs is 1. The van der Waals surface area contributed by atoms with Crippen LogP contribution in [-0.4, -0.2) is 25.6 Å². The van der Waals surface area contributed by atoms with Crippen LogP contribution in [-0.2, 0) is 7.05 Å². The summed E-state index contributed by atoms with van der Waals surface area (Å²) >= 11 is 0. The maximum absolute atomic E-state index is 10.8. The first kappa shape index (κ1) is 7.72. The van der Waals surface area contributed by atoms with Crippen LogP contribution in [0.15, 0.2) is 18.6 Å². The number of pyridine rings is 1. The Morgan fingerprint density at radius 2 is 2.31 bits per heavy atom. The third-order valence-corrected chi connectivity index (χ3v) is 1.83. The normalized spacial score (nSPS) is 10.5. The number of hydrogen-bond acceptors (Lipinski definition) is 3. The lowest BCUT2D eigenvalue weighted by atomic mass is 10.3. The Hall–Kier alpha value is -1.91. The number of hydrogen-bond donors (Lipinski definition) is 1. The molecular weight excluding hydrogens is 170 g/mol. The minimum Gasteiger partial charge on any atom is -0.476 e. The average Bonchev–Trinajstić information content (AvgIpc) is 2.48. The maximum atomic E-state index is 10.8. The Bertz CT molecular complexity index is 475. The zero-order chi connectivity index (χ0) is 9.42. The van der Waals surface area contributed by atoms with Crippen molar-refractivity contribution in [2.75, 3.05) is 0 Å². The Morgan fingerprint density at radius 3 is 3.00 bits per heavy atom. The molecule has 0 spiro atoms. The second-order valence-electron chi connectivity index (χ2n) is 2.69. The summed E-state index contributed by atoms with van der Waals surface area (Å²) < 4.78 is 1.64. The maximum Gasteiger partial charge on any atom is 0.356 e. The highest BCUT2D eigenvalue weighted by Crippen LogP contribution is 2.13. The van der Waals surface area contributed by atoms with Crippen LogP contribution in [0.3, 0.4) is 0 Å². The number of rotatable bonds is 1. The summed E-state index contributed by atoms with van der Waals surface area (Å²) in [4.78, 5) is 18.6. The highest BCUT2D eigenvalue weighted by Gasteiger charge is 2.12. The predicted molar refractivity (Wildman–Crippen MR) is 45.5 cm³/mol. The van der Waals surface area contributed by atoms with Gasteiger partial charge in [-0.25, -0.2) is 14.8 Å². The van der Waals surface area contributed by atoms with Crippen LogP contribution >= 0.6 is 0 Å². The first-order chi connectivity index (χ1) is 6.20. The summed E-state index contributed by atoms with van der Waals surface area (Å²) in [5.74, 6) is -1.03. The van der Waals surface area contributed by atoms with Gasteiger partial charge in [0.2, 0.25) is 0 Å². The van der Waals surface area contributed by atoms with Gasteiger partial charge in [-0.15, -0.1) is 0 Å². The zero-order valence-electron chi connectivity index (χ0n) is 6.93. The van der Waals surface area contributed by atoms with Gasteiger partial charge in [-0.05, 0) is 6.07 Å². The molecule has 0 atom stereocenters. The van der Waals surface area contributed by atoms with Crippen molar-refractivity contribution in [1.29, 1.82) is 0 Å². The van der Waals surface area contributed by atoms with Crippen molar-refractivity contribution in [2.45, 2.75) is 0 Å². The molecule has 2 rings (SSSR count). The van der Waals surface area contributed by atoms with E-state index in [2.05, 4.69) is 9.97 Å². The van der Waals surface area contributed by atoms with E-state index in [1.165, 1.54) is 6.20 Å². The van der Waals surface area contributed by atoms with Gasteiger partial charge in [0.1, 0.15) is 5.52 Å². The lowest BCUT2D eigenvalue weighted by molar-refractivity contribution is 0.0692. The Balaban J connectivity index is 2.88. The standard InChI is InChI=1S/C8H7N3O2/c1-11-4-10-5-2-3-9-6(7(5)11)8(12)13/h2-4H,1H3,(H,12,13). The minimum atomic E-state index is -1.03. The van der Waals surface area contributed by atoms with Crippen LogP contribution in [0, 0.1) is 0 Å². The van der Waals surface area contributed by atoms with Gasteiger partial charge in [0.05, 0.1) is 11.8 Å². The Morgan fingerprint density at radius 1 is 1.54 bits per heavy atom. The van der Waals surface area contributed by atoms with E-state index < -0.39 is 5.97 Å². The number of carboxylic acids is 1. The van der Waals surface area contributed by atoms with Crippen molar-refractivity contribution < 1.29 is 9.90 Å². The summed E-state index contributed by atoms with van der Waals surface area (Å²) in [5, 5.41) is 8.82. The van der Waals surface area contributed by atoms with Gasteiger partial charge in [0.15, 0.2) is 5.69 Å². The van der Waals surface area contributed by atoms with Gasteiger partial charge in [0.25, 0.3) is 0 Å². The second-order valence-corrected chi connectivity index (χ2v) is 2.69. The molecule has 0 aliphatic heterocycles. The summed E-state index contributed by atoms with van der Waals surface area (Å²) in [6, 6.07) is 1.68. The smallest absolute Gasteiger partial charge is 0.356 e. The number of aryl methyl sites for hydroxylation is 1. The van der Waals surface area contributed by atoms with Crippen molar-refractivity contribution in [2.24, 2.45) is 7.05 Å². The van der Waals surface area contributed by atoms with Gasteiger partial charge in [-0.2, -0.15) is 0 Å². The average molecular weight is 177 g/mol. The molecule has 0 unspecified atom stereocenters. The molecule has 5 heteroatoms. The number of nitrogens with zero attached hydrogens (tertiary/aromatic N) is 3.